The van der Waals surface area contributed by atoms with Crippen LogP contribution < -0.4 is 0 Å². The Morgan fingerprint density at radius 3 is 2.95 bits per heavy atom. The Kier molecular flexibility index (Phi) is 2.83. The smallest absolute Gasteiger partial charge is 0.291 e. The highest BCUT2D eigenvalue weighted by Gasteiger charge is 2.56. The molecule has 1 amide bonds. The van der Waals surface area contributed by atoms with Gasteiger partial charge in [-0.2, -0.15) is 0 Å². The lowest BCUT2D eigenvalue weighted by Crippen LogP contribution is -2.37. The van der Waals surface area contributed by atoms with Gasteiger partial charge in [0.2, 0.25) is 17.5 Å². The molecule has 2 aromatic rings. The third kappa shape index (κ3) is 1.80. The van der Waals surface area contributed by atoms with E-state index in [9.17, 15) is 4.79 Å². The summed E-state index contributed by atoms with van der Waals surface area (Å²) in [6, 6.07) is 0. The summed E-state index contributed by atoms with van der Waals surface area (Å²) in [7, 11) is 0. The van der Waals surface area contributed by atoms with Crippen LogP contribution in [-0.2, 0) is 10.2 Å². The highest BCUT2D eigenvalue weighted by atomic mass is 16.5. The molecule has 0 bridgehead atoms. The number of oxazole rings is 1. The molecule has 22 heavy (non-hydrogen) atoms. The first kappa shape index (κ1) is 13.4. The highest BCUT2D eigenvalue weighted by molar-refractivity contribution is 5.92. The van der Waals surface area contributed by atoms with Crippen LogP contribution >= 0.6 is 0 Å². The van der Waals surface area contributed by atoms with E-state index in [0.717, 1.165) is 0 Å². The fraction of sp³-hybridized carbons (Fsp3) is 0.571. The molecule has 2 aromatic heterocycles. The molecular formula is C14H16N4O4. The first-order valence-electron chi connectivity index (χ1n) is 7.18. The number of aromatic nitrogens is 3. The van der Waals surface area contributed by atoms with E-state index in [0.29, 0.717) is 43.8 Å². The fourth-order valence-corrected chi connectivity index (χ4v) is 3.34. The minimum Gasteiger partial charge on any atom is -0.438 e. The Labute approximate surface area is 126 Å². The Balaban J connectivity index is 1.65. The second-order valence-electron chi connectivity index (χ2n) is 5.95. The summed E-state index contributed by atoms with van der Waals surface area (Å²) >= 11 is 0. The zero-order valence-electron chi connectivity index (χ0n) is 12.4. The second kappa shape index (κ2) is 4.64. The fourth-order valence-electron chi connectivity index (χ4n) is 3.34. The van der Waals surface area contributed by atoms with Gasteiger partial charge in [-0.05, 0) is 6.92 Å². The molecule has 0 unspecified atom stereocenters. The number of aryl methyl sites for hydroxylation is 2. The quantitative estimate of drug-likeness (QED) is 0.806. The molecule has 8 nitrogen and oxygen atoms in total. The van der Waals surface area contributed by atoms with Gasteiger partial charge in [0, 0.05) is 25.9 Å². The van der Waals surface area contributed by atoms with Crippen LogP contribution in [0, 0.1) is 19.8 Å². The summed E-state index contributed by atoms with van der Waals surface area (Å²) < 4.78 is 16.5. The predicted molar refractivity (Wildman–Crippen MR) is 72.2 cm³/mol. The second-order valence-corrected chi connectivity index (χ2v) is 5.95. The number of hydrogen-bond acceptors (Lipinski definition) is 7. The molecule has 2 aliphatic heterocycles. The minimum atomic E-state index is -0.412. The number of carbonyl (C=O) groups is 1. The van der Waals surface area contributed by atoms with Gasteiger partial charge < -0.3 is 18.5 Å². The van der Waals surface area contributed by atoms with E-state index < -0.39 is 5.41 Å². The molecule has 0 spiro atoms. The number of carbonyl (C=O) groups excluding carboxylic acids is 1. The van der Waals surface area contributed by atoms with Gasteiger partial charge >= 0.3 is 0 Å². The summed E-state index contributed by atoms with van der Waals surface area (Å²) in [6.07, 6.45) is 1.29. The topological polar surface area (TPSA) is 94.5 Å². The van der Waals surface area contributed by atoms with Crippen molar-refractivity contribution in [1.29, 1.82) is 0 Å². The molecule has 0 saturated carbocycles. The van der Waals surface area contributed by atoms with Crippen molar-refractivity contribution >= 4 is 5.91 Å². The number of nitrogens with zero attached hydrogens (tertiary/aromatic N) is 4. The lowest BCUT2D eigenvalue weighted by Gasteiger charge is -2.22. The molecule has 4 heterocycles. The van der Waals surface area contributed by atoms with Crippen molar-refractivity contribution in [3.8, 4) is 0 Å². The SMILES string of the molecule is Cc1nnc([C@]23COC[C@H]2CN(C(=O)c2ocnc2C)C3)o1. The average Bonchev–Trinajstić information content (AvgIpc) is 3.19. The highest BCUT2D eigenvalue weighted by Crippen LogP contribution is 2.43. The van der Waals surface area contributed by atoms with E-state index in [4.69, 9.17) is 13.6 Å². The molecule has 116 valence electrons. The number of rotatable bonds is 2. The van der Waals surface area contributed by atoms with Gasteiger partial charge in [-0.25, -0.2) is 4.98 Å². The minimum absolute atomic E-state index is 0.152. The lowest BCUT2D eigenvalue weighted by atomic mass is 9.81. The number of ether oxygens (including phenoxy) is 1. The zero-order valence-corrected chi connectivity index (χ0v) is 12.4. The van der Waals surface area contributed by atoms with Crippen molar-refractivity contribution in [2.75, 3.05) is 26.3 Å². The molecule has 4 rings (SSSR count). The van der Waals surface area contributed by atoms with E-state index in [2.05, 4.69) is 15.2 Å². The van der Waals surface area contributed by atoms with Crippen molar-refractivity contribution in [1.82, 2.24) is 20.1 Å². The molecule has 2 aliphatic rings. The van der Waals surface area contributed by atoms with Gasteiger partial charge in [0.05, 0.1) is 24.3 Å². The monoisotopic (exact) mass is 304 g/mol. The predicted octanol–water partition coefficient (Wildman–Crippen LogP) is 0.715. The lowest BCUT2D eigenvalue weighted by molar-refractivity contribution is 0.0706. The molecule has 0 N–H and O–H groups in total. The van der Waals surface area contributed by atoms with Gasteiger partial charge in [0.25, 0.3) is 5.91 Å². The molecule has 2 fully saturated rings. The molecule has 2 atom stereocenters. The Hall–Kier alpha value is -2.22. The summed E-state index contributed by atoms with van der Waals surface area (Å²) in [5, 5.41) is 8.08. The average molecular weight is 304 g/mol. The number of amides is 1. The van der Waals surface area contributed by atoms with Crippen LogP contribution in [0.25, 0.3) is 0 Å². The van der Waals surface area contributed by atoms with Crippen molar-refractivity contribution < 1.29 is 18.4 Å². The Bertz CT molecular complexity index is 724. The van der Waals surface area contributed by atoms with Gasteiger partial charge in [-0.1, -0.05) is 0 Å². The van der Waals surface area contributed by atoms with Crippen molar-refractivity contribution in [3.63, 3.8) is 0 Å². The largest absolute Gasteiger partial charge is 0.438 e. The molecular weight excluding hydrogens is 288 g/mol. The molecule has 0 radical (unpaired) electrons. The summed E-state index contributed by atoms with van der Waals surface area (Å²) in [5.41, 5.74) is 0.186. The summed E-state index contributed by atoms with van der Waals surface area (Å²) in [4.78, 5) is 18.4. The van der Waals surface area contributed by atoms with Gasteiger partial charge in [0.1, 0.15) is 0 Å². The van der Waals surface area contributed by atoms with Crippen LogP contribution in [0.1, 0.15) is 28.0 Å². The maximum absolute atomic E-state index is 12.6. The first-order valence-corrected chi connectivity index (χ1v) is 7.18. The third-order valence-electron chi connectivity index (χ3n) is 4.55. The molecule has 8 heteroatoms. The summed E-state index contributed by atoms with van der Waals surface area (Å²) in [5.74, 6) is 1.36. The molecule has 0 aromatic carbocycles. The zero-order chi connectivity index (χ0) is 15.3. The van der Waals surface area contributed by atoms with Crippen LogP contribution in [0.15, 0.2) is 15.2 Å². The first-order chi connectivity index (χ1) is 10.6. The Morgan fingerprint density at radius 2 is 2.27 bits per heavy atom. The summed E-state index contributed by atoms with van der Waals surface area (Å²) in [6.45, 7) is 5.65. The normalized spacial score (nSPS) is 27.4. The van der Waals surface area contributed by atoms with Crippen LogP contribution in [-0.4, -0.2) is 52.3 Å². The van der Waals surface area contributed by atoms with E-state index in [-0.39, 0.29) is 17.6 Å². The van der Waals surface area contributed by atoms with Crippen molar-refractivity contribution in [2.24, 2.45) is 5.92 Å². The molecule has 2 saturated heterocycles. The maximum atomic E-state index is 12.6. The molecule has 0 aliphatic carbocycles. The van der Waals surface area contributed by atoms with Crippen molar-refractivity contribution in [2.45, 2.75) is 19.3 Å². The number of hydrogen-bond donors (Lipinski definition) is 0. The van der Waals surface area contributed by atoms with E-state index in [1.165, 1.54) is 6.39 Å². The van der Waals surface area contributed by atoms with Crippen LogP contribution in [0.3, 0.4) is 0 Å². The van der Waals surface area contributed by atoms with Crippen molar-refractivity contribution in [3.05, 3.63) is 29.6 Å². The van der Waals surface area contributed by atoms with Crippen LogP contribution in [0.5, 0.6) is 0 Å². The van der Waals surface area contributed by atoms with E-state index >= 15 is 0 Å². The standard InChI is InChI=1S/C14H16N4O4/c1-8-11(21-7-15-8)12(19)18-3-10-4-20-6-14(10,5-18)13-17-16-9(2)22-13/h7,10H,3-6H2,1-2H3/t10-,14-/m1/s1. The van der Waals surface area contributed by atoms with Gasteiger partial charge in [-0.3, -0.25) is 4.79 Å². The van der Waals surface area contributed by atoms with Crippen LogP contribution in [0.2, 0.25) is 0 Å². The maximum Gasteiger partial charge on any atom is 0.291 e. The van der Waals surface area contributed by atoms with E-state index in [1.54, 1.807) is 18.7 Å². The van der Waals surface area contributed by atoms with Crippen LogP contribution in [0.4, 0.5) is 0 Å². The van der Waals surface area contributed by atoms with E-state index in [1.807, 2.05) is 0 Å². The van der Waals surface area contributed by atoms with Gasteiger partial charge in [0.15, 0.2) is 6.39 Å². The Morgan fingerprint density at radius 1 is 1.41 bits per heavy atom. The number of likely N-dealkylation sites (tertiary alicyclic amines) is 1. The third-order valence-corrected chi connectivity index (χ3v) is 4.55. The number of fused-ring (bicyclic) bond motifs is 1. The van der Waals surface area contributed by atoms with Gasteiger partial charge in [-0.15, -0.1) is 10.2 Å².